The highest BCUT2D eigenvalue weighted by molar-refractivity contribution is 9.10. The molecule has 0 spiro atoms. The molecule has 2 aromatic rings. The monoisotopic (exact) mass is 324 g/mol. The fourth-order valence-electron chi connectivity index (χ4n) is 1.79. The van der Waals surface area contributed by atoms with Crippen LogP contribution in [0.5, 0.6) is 17.2 Å². The summed E-state index contributed by atoms with van der Waals surface area (Å²) >= 11 is 3.43. The molecule has 0 bridgehead atoms. The zero-order valence-electron chi connectivity index (χ0n) is 9.86. The number of hydrogen-bond donors (Lipinski definition) is 0. The number of rotatable bonds is 3. The minimum Gasteiger partial charge on any atom is -0.486 e. The van der Waals surface area contributed by atoms with Gasteiger partial charge in [-0.25, -0.2) is 4.39 Å². The van der Waals surface area contributed by atoms with Crippen molar-refractivity contribution in [1.82, 2.24) is 0 Å². The average Bonchev–Trinajstić information content (AvgIpc) is 2.84. The second-order valence-electron chi connectivity index (χ2n) is 4.02. The molecule has 0 N–H and O–H groups in total. The van der Waals surface area contributed by atoms with Crippen LogP contribution in [0.3, 0.4) is 0 Å². The van der Waals surface area contributed by atoms with Crippen LogP contribution in [-0.2, 0) is 6.61 Å². The Labute approximate surface area is 118 Å². The fourth-order valence-corrected chi connectivity index (χ4v) is 2.22. The topological polar surface area (TPSA) is 27.7 Å². The summed E-state index contributed by atoms with van der Waals surface area (Å²) < 4.78 is 30.3. The maximum absolute atomic E-state index is 13.4. The van der Waals surface area contributed by atoms with E-state index in [2.05, 4.69) is 15.9 Å². The molecule has 0 aromatic heterocycles. The standard InChI is InChI=1S/C14H10BrFO3/c15-10-6-14-13(18-8-19-14)5-9(10)7-17-12-4-2-1-3-11(12)16/h1-6H,7-8H2. The van der Waals surface area contributed by atoms with Crippen LogP contribution in [0.4, 0.5) is 4.39 Å². The van der Waals surface area contributed by atoms with E-state index in [0.717, 1.165) is 10.0 Å². The lowest BCUT2D eigenvalue weighted by molar-refractivity contribution is 0.174. The van der Waals surface area contributed by atoms with Crippen LogP contribution >= 0.6 is 15.9 Å². The predicted octanol–water partition coefficient (Wildman–Crippen LogP) is 3.90. The van der Waals surface area contributed by atoms with Crippen molar-refractivity contribution in [2.75, 3.05) is 6.79 Å². The van der Waals surface area contributed by atoms with E-state index >= 15 is 0 Å². The molecule has 0 unspecified atom stereocenters. The molecular formula is C14H10BrFO3. The van der Waals surface area contributed by atoms with Gasteiger partial charge in [0.1, 0.15) is 6.61 Å². The first-order chi connectivity index (χ1) is 9.24. The Kier molecular flexibility index (Phi) is 3.29. The van der Waals surface area contributed by atoms with Crippen LogP contribution < -0.4 is 14.2 Å². The second-order valence-corrected chi connectivity index (χ2v) is 4.87. The first-order valence-electron chi connectivity index (χ1n) is 5.69. The van der Waals surface area contributed by atoms with Gasteiger partial charge in [-0.2, -0.15) is 0 Å². The fraction of sp³-hybridized carbons (Fsp3) is 0.143. The van der Waals surface area contributed by atoms with Crippen LogP contribution in [0.1, 0.15) is 5.56 Å². The lowest BCUT2D eigenvalue weighted by atomic mass is 10.2. The molecule has 0 saturated carbocycles. The Morgan fingerprint density at radius 3 is 2.68 bits per heavy atom. The summed E-state index contributed by atoms with van der Waals surface area (Å²) in [6.07, 6.45) is 0. The summed E-state index contributed by atoms with van der Waals surface area (Å²) in [5, 5.41) is 0. The number of para-hydroxylation sites is 1. The lowest BCUT2D eigenvalue weighted by Crippen LogP contribution is -1.98. The molecule has 1 aliphatic rings. The van der Waals surface area contributed by atoms with E-state index in [1.165, 1.54) is 6.07 Å². The van der Waals surface area contributed by atoms with Crippen molar-refractivity contribution in [3.8, 4) is 17.2 Å². The van der Waals surface area contributed by atoms with E-state index in [-0.39, 0.29) is 25.0 Å². The Hall–Kier alpha value is -1.75. The van der Waals surface area contributed by atoms with E-state index in [0.29, 0.717) is 11.5 Å². The second kappa shape index (κ2) is 5.09. The van der Waals surface area contributed by atoms with Gasteiger partial charge >= 0.3 is 0 Å². The zero-order valence-corrected chi connectivity index (χ0v) is 11.4. The quantitative estimate of drug-likeness (QED) is 0.857. The normalized spacial score (nSPS) is 12.5. The number of halogens is 2. The van der Waals surface area contributed by atoms with Crippen LogP contribution in [-0.4, -0.2) is 6.79 Å². The van der Waals surface area contributed by atoms with Crippen molar-refractivity contribution < 1.29 is 18.6 Å². The molecule has 0 amide bonds. The first-order valence-corrected chi connectivity index (χ1v) is 6.48. The first kappa shape index (κ1) is 12.3. The highest BCUT2D eigenvalue weighted by Crippen LogP contribution is 2.37. The molecule has 1 aliphatic heterocycles. The third-order valence-electron chi connectivity index (χ3n) is 2.76. The SMILES string of the molecule is Fc1ccccc1OCc1cc2c(cc1Br)OCO2. The summed E-state index contributed by atoms with van der Waals surface area (Å²) in [7, 11) is 0. The molecule has 3 rings (SSSR count). The summed E-state index contributed by atoms with van der Waals surface area (Å²) in [4.78, 5) is 0. The van der Waals surface area contributed by atoms with Gasteiger partial charge in [0.2, 0.25) is 6.79 Å². The maximum atomic E-state index is 13.4. The molecule has 19 heavy (non-hydrogen) atoms. The Morgan fingerprint density at radius 2 is 1.89 bits per heavy atom. The van der Waals surface area contributed by atoms with E-state index in [1.54, 1.807) is 18.2 Å². The van der Waals surface area contributed by atoms with Crippen molar-refractivity contribution in [2.45, 2.75) is 6.61 Å². The molecular weight excluding hydrogens is 315 g/mol. The molecule has 0 fully saturated rings. The Bertz CT molecular complexity index is 616. The van der Waals surface area contributed by atoms with Crippen molar-refractivity contribution in [3.63, 3.8) is 0 Å². The summed E-state index contributed by atoms with van der Waals surface area (Å²) in [6, 6.07) is 9.96. The van der Waals surface area contributed by atoms with Gasteiger partial charge in [-0.15, -0.1) is 0 Å². The van der Waals surface area contributed by atoms with E-state index in [4.69, 9.17) is 14.2 Å². The minimum absolute atomic E-state index is 0.222. The predicted molar refractivity (Wildman–Crippen MR) is 71.0 cm³/mol. The third-order valence-corrected chi connectivity index (χ3v) is 3.50. The van der Waals surface area contributed by atoms with Gasteiger partial charge in [0.15, 0.2) is 23.1 Å². The number of benzene rings is 2. The number of hydrogen-bond acceptors (Lipinski definition) is 3. The van der Waals surface area contributed by atoms with Crippen molar-refractivity contribution in [2.24, 2.45) is 0 Å². The van der Waals surface area contributed by atoms with Gasteiger partial charge in [-0.05, 0) is 24.3 Å². The van der Waals surface area contributed by atoms with Gasteiger partial charge in [-0.1, -0.05) is 28.1 Å². The molecule has 3 nitrogen and oxygen atoms in total. The highest BCUT2D eigenvalue weighted by Gasteiger charge is 2.16. The molecule has 0 radical (unpaired) electrons. The van der Waals surface area contributed by atoms with Gasteiger partial charge in [0, 0.05) is 10.0 Å². The van der Waals surface area contributed by atoms with Gasteiger partial charge in [0.25, 0.3) is 0 Å². The van der Waals surface area contributed by atoms with Gasteiger partial charge in [0.05, 0.1) is 0 Å². The molecule has 0 atom stereocenters. The minimum atomic E-state index is -0.376. The molecule has 1 heterocycles. The van der Waals surface area contributed by atoms with Gasteiger partial charge < -0.3 is 14.2 Å². The zero-order chi connectivity index (χ0) is 13.2. The van der Waals surface area contributed by atoms with Crippen LogP contribution in [0.25, 0.3) is 0 Å². The van der Waals surface area contributed by atoms with Crippen molar-refractivity contribution in [3.05, 3.63) is 52.3 Å². The van der Waals surface area contributed by atoms with Crippen LogP contribution in [0.2, 0.25) is 0 Å². The number of ether oxygens (including phenoxy) is 3. The molecule has 98 valence electrons. The van der Waals surface area contributed by atoms with Gasteiger partial charge in [-0.3, -0.25) is 0 Å². The maximum Gasteiger partial charge on any atom is 0.231 e. The van der Waals surface area contributed by atoms with Crippen molar-refractivity contribution in [1.29, 1.82) is 0 Å². The van der Waals surface area contributed by atoms with Crippen LogP contribution in [0, 0.1) is 5.82 Å². The number of fused-ring (bicyclic) bond motifs is 1. The smallest absolute Gasteiger partial charge is 0.231 e. The van der Waals surface area contributed by atoms with Crippen molar-refractivity contribution >= 4 is 15.9 Å². The third kappa shape index (κ3) is 2.51. The molecule has 2 aromatic carbocycles. The van der Waals surface area contributed by atoms with Crippen LogP contribution in [0.15, 0.2) is 40.9 Å². The Morgan fingerprint density at radius 1 is 1.16 bits per heavy atom. The molecule has 5 heteroatoms. The average molecular weight is 325 g/mol. The largest absolute Gasteiger partial charge is 0.486 e. The summed E-state index contributed by atoms with van der Waals surface area (Å²) in [5.74, 6) is 1.23. The highest BCUT2D eigenvalue weighted by atomic mass is 79.9. The Balaban J connectivity index is 1.79. The summed E-state index contributed by atoms with van der Waals surface area (Å²) in [6.45, 7) is 0.470. The van der Waals surface area contributed by atoms with E-state index in [1.807, 2.05) is 12.1 Å². The molecule has 0 aliphatic carbocycles. The lowest BCUT2D eigenvalue weighted by Gasteiger charge is -2.09. The van der Waals surface area contributed by atoms with E-state index in [9.17, 15) is 4.39 Å². The molecule has 0 saturated heterocycles. The summed E-state index contributed by atoms with van der Waals surface area (Å²) in [5.41, 5.74) is 0.868. The van der Waals surface area contributed by atoms with E-state index < -0.39 is 0 Å².